The molecule has 1 fully saturated rings. The van der Waals surface area contributed by atoms with Crippen LogP contribution in [0.15, 0.2) is 39.7 Å². The summed E-state index contributed by atoms with van der Waals surface area (Å²) < 4.78 is 55.1. The lowest BCUT2D eigenvalue weighted by Gasteiger charge is -2.19. The molecule has 1 aliphatic heterocycles. The number of benzene rings is 1. The second kappa shape index (κ2) is 9.27. The van der Waals surface area contributed by atoms with Gasteiger partial charge in [-0.1, -0.05) is 0 Å². The Bertz CT molecular complexity index is 1260. The molecule has 1 amide bonds. The fourth-order valence-corrected chi connectivity index (χ4v) is 3.54. The Balaban J connectivity index is 1.41. The van der Waals surface area contributed by atoms with Crippen molar-refractivity contribution in [3.05, 3.63) is 46.7 Å². The highest BCUT2D eigenvalue weighted by molar-refractivity contribution is 5.86. The summed E-state index contributed by atoms with van der Waals surface area (Å²) in [6.45, 7) is -0.848. The van der Waals surface area contributed by atoms with Gasteiger partial charge in [-0.15, -0.1) is 0 Å². The largest absolute Gasteiger partial charge is 0.497 e. The molecular weight excluding hydrogens is 460 g/mol. The summed E-state index contributed by atoms with van der Waals surface area (Å²) in [5.74, 6) is -2.26. The highest BCUT2D eigenvalue weighted by Crippen LogP contribution is 2.41. The number of alkyl halides is 2. The number of halogens is 2. The number of ether oxygens (including phenoxy) is 4. The maximum absolute atomic E-state index is 14.1. The molecule has 0 bridgehead atoms. The Morgan fingerprint density at radius 3 is 2.76 bits per heavy atom. The van der Waals surface area contributed by atoms with Crippen LogP contribution in [0.25, 0.3) is 11.0 Å². The number of aliphatic hydroxyl groups is 1. The summed E-state index contributed by atoms with van der Waals surface area (Å²) in [4.78, 5) is 27.9. The van der Waals surface area contributed by atoms with Crippen LogP contribution in [-0.4, -0.2) is 53.6 Å². The van der Waals surface area contributed by atoms with Crippen LogP contribution >= 0.6 is 0 Å². The molecule has 0 aliphatic carbocycles. The number of anilines is 1. The Morgan fingerprint density at radius 2 is 2.12 bits per heavy atom. The monoisotopic (exact) mass is 481 g/mol. The Hall–Kier alpha value is -3.71. The van der Waals surface area contributed by atoms with E-state index in [0.717, 1.165) is 12.3 Å². The highest BCUT2D eigenvalue weighted by atomic mass is 19.3. The number of hydrogen-bond donors (Lipinski definition) is 2. The van der Waals surface area contributed by atoms with Gasteiger partial charge >= 0.3 is 11.8 Å². The number of carbonyl (C=O) groups is 1. The number of fused-ring (bicyclic) bond motifs is 1. The van der Waals surface area contributed by atoms with Gasteiger partial charge in [-0.3, -0.25) is 9.88 Å². The molecule has 0 radical (unpaired) electrons. The number of hydrogen-bond acceptors (Lipinski definition) is 9. The van der Waals surface area contributed by atoms with Crippen molar-refractivity contribution >= 4 is 22.9 Å². The maximum atomic E-state index is 14.1. The van der Waals surface area contributed by atoms with E-state index in [0.29, 0.717) is 32.8 Å². The van der Waals surface area contributed by atoms with E-state index >= 15 is 0 Å². The topological polar surface area (TPSA) is 134 Å². The molecule has 1 saturated heterocycles. The zero-order valence-electron chi connectivity index (χ0n) is 18.1. The van der Waals surface area contributed by atoms with E-state index in [4.69, 9.17) is 28.5 Å². The Kier molecular flexibility index (Phi) is 6.39. The predicted molar refractivity (Wildman–Crippen MR) is 112 cm³/mol. The number of furan rings is 1. The van der Waals surface area contributed by atoms with Gasteiger partial charge in [0.05, 0.1) is 26.9 Å². The van der Waals surface area contributed by atoms with Crippen LogP contribution < -0.4 is 20.5 Å². The van der Waals surface area contributed by atoms with Gasteiger partial charge in [-0.05, 0) is 18.2 Å². The number of aromatic nitrogens is 2. The third kappa shape index (κ3) is 4.65. The first-order valence-electron chi connectivity index (χ1n) is 10.1. The van der Waals surface area contributed by atoms with Crippen LogP contribution in [0.1, 0.15) is 18.4 Å². The lowest BCUT2D eigenvalue weighted by atomic mass is 10.2. The summed E-state index contributed by atoms with van der Waals surface area (Å²) >= 11 is 0. The molecule has 0 spiro atoms. The highest BCUT2D eigenvalue weighted by Gasteiger charge is 2.51. The van der Waals surface area contributed by atoms with Crippen LogP contribution in [-0.2, 0) is 16.1 Å². The normalized spacial score (nSPS) is 19.2. The van der Waals surface area contributed by atoms with Gasteiger partial charge < -0.3 is 28.5 Å². The van der Waals surface area contributed by atoms with Gasteiger partial charge in [0, 0.05) is 24.1 Å². The fourth-order valence-electron chi connectivity index (χ4n) is 3.54. The quantitative estimate of drug-likeness (QED) is 0.522. The Labute approximate surface area is 190 Å². The van der Waals surface area contributed by atoms with Gasteiger partial charge in [0.15, 0.2) is 17.9 Å². The number of rotatable bonds is 7. The number of amides is 1. The van der Waals surface area contributed by atoms with Crippen molar-refractivity contribution in [3.63, 3.8) is 0 Å². The summed E-state index contributed by atoms with van der Waals surface area (Å²) in [5.41, 5.74) is -0.624. The summed E-state index contributed by atoms with van der Waals surface area (Å²) in [5, 5.41) is 12.0. The number of aliphatic hydroxyl groups excluding tert-OH is 1. The zero-order valence-corrected chi connectivity index (χ0v) is 18.1. The molecule has 0 saturated carbocycles. The molecule has 13 heteroatoms. The van der Waals surface area contributed by atoms with Crippen molar-refractivity contribution in [1.29, 1.82) is 0 Å². The van der Waals surface area contributed by atoms with E-state index < -0.39 is 43.1 Å². The molecular formula is C21H21F2N3O8. The average Bonchev–Trinajstić information content (AvgIpc) is 3.36. The van der Waals surface area contributed by atoms with Gasteiger partial charge in [0.2, 0.25) is 6.23 Å². The summed E-state index contributed by atoms with van der Waals surface area (Å²) in [7, 11) is 2.99. The zero-order chi connectivity index (χ0) is 24.5. The first-order chi connectivity index (χ1) is 16.2. The first kappa shape index (κ1) is 23.4. The smallest absolute Gasteiger partial charge is 0.413 e. The number of methoxy groups -OCH3 is 2. The molecule has 2 aromatic heterocycles. The number of nitrogens with one attached hydrogen (secondary N) is 1. The molecule has 3 aromatic rings. The molecule has 4 rings (SSSR count). The standard InChI is InChI=1S/C21H21F2N3O8/c1-30-12-5-11-6-13(33-17(11)15(7-12)31-2)10-32-20(29)25-16-3-4-26(19(28)24-16)18-21(22,23)8-14(9-27)34-18/h3-7,14,18,27H,8-10H2,1-2H3,(H,24,25,28,29)/t14?,18-/m1/s1. The molecule has 182 valence electrons. The average molecular weight is 481 g/mol. The minimum absolute atomic E-state index is 0.206. The van der Waals surface area contributed by atoms with Crippen LogP contribution in [0, 0.1) is 0 Å². The molecule has 1 aromatic carbocycles. The van der Waals surface area contributed by atoms with E-state index in [1.807, 2.05) is 0 Å². The maximum Gasteiger partial charge on any atom is 0.413 e. The lowest BCUT2D eigenvalue weighted by Crippen LogP contribution is -2.35. The number of nitrogens with zero attached hydrogens (tertiary/aromatic N) is 2. The second-order valence-electron chi connectivity index (χ2n) is 7.42. The SMILES string of the molecule is COc1cc(OC)c2oc(COC(=O)Nc3ccn([C@@H]4OC(CO)CC4(F)F)c(=O)n3)cc2c1. The molecule has 1 aliphatic rings. The van der Waals surface area contributed by atoms with Crippen LogP contribution in [0.4, 0.5) is 19.4 Å². The van der Waals surface area contributed by atoms with Gasteiger partial charge in [0.25, 0.3) is 5.92 Å². The van der Waals surface area contributed by atoms with Crippen LogP contribution in [0.2, 0.25) is 0 Å². The molecule has 2 atom stereocenters. The summed E-state index contributed by atoms with van der Waals surface area (Å²) in [6.07, 6.45) is -3.67. The van der Waals surface area contributed by atoms with Gasteiger partial charge in [-0.25, -0.2) is 18.4 Å². The molecule has 2 N–H and O–H groups in total. The molecule has 1 unspecified atom stereocenters. The van der Waals surface area contributed by atoms with Gasteiger partial charge in [0.1, 0.15) is 17.3 Å². The second-order valence-corrected chi connectivity index (χ2v) is 7.42. The van der Waals surface area contributed by atoms with Crippen molar-refractivity contribution < 1.29 is 42.0 Å². The third-order valence-electron chi connectivity index (χ3n) is 5.11. The van der Waals surface area contributed by atoms with Crippen LogP contribution in [0.5, 0.6) is 11.5 Å². The van der Waals surface area contributed by atoms with Crippen molar-refractivity contribution in [3.8, 4) is 11.5 Å². The number of carbonyl (C=O) groups excluding carboxylic acids is 1. The third-order valence-corrected chi connectivity index (χ3v) is 5.11. The van der Waals surface area contributed by atoms with E-state index in [9.17, 15) is 18.4 Å². The van der Waals surface area contributed by atoms with Crippen molar-refractivity contribution in [2.24, 2.45) is 0 Å². The Morgan fingerprint density at radius 1 is 1.32 bits per heavy atom. The van der Waals surface area contributed by atoms with Crippen molar-refractivity contribution in [2.45, 2.75) is 31.3 Å². The van der Waals surface area contributed by atoms with Gasteiger partial charge in [-0.2, -0.15) is 4.98 Å². The van der Waals surface area contributed by atoms with Crippen molar-refractivity contribution in [2.75, 3.05) is 26.1 Å². The van der Waals surface area contributed by atoms with E-state index in [1.54, 1.807) is 18.2 Å². The van der Waals surface area contributed by atoms with E-state index in [-0.39, 0.29) is 12.4 Å². The molecule has 11 nitrogen and oxygen atoms in total. The summed E-state index contributed by atoms with van der Waals surface area (Å²) in [6, 6.07) is 6.17. The lowest BCUT2D eigenvalue weighted by molar-refractivity contribution is -0.120. The minimum Gasteiger partial charge on any atom is -0.497 e. The van der Waals surface area contributed by atoms with E-state index in [1.165, 1.54) is 14.2 Å². The first-order valence-corrected chi connectivity index (χ1v) is 10.1. The van der Waals surface area contributed by atoms with E-state index in [2.05, 4.69) is 10.3 Å². The molecule has 34 heavy (non-hydrogen) atoms. The van der Waals surface area contributed by atoms with Crippen molar-refractivity contribution in [1.82, 2.24) is 9.55 Å². The fraction of sp³-hybridized carbons (Fsp3) is 0.381. The minimum atomic E-state index is -3.37. The predicted octanol–water partition coefficient (Wildman–Crippen LogP) is 2.67. The van der Waals surface area contributed by atoms with Crippen LogP contribution in [0.3, 0.4) is 0 Å². The molecule has 3 heterocycles.